The van der Waals surface area contributed by atoms with E-state index in [0.717, 1.165) is 32.6 Å². The van der Waals surface area contributed by atoms with Crippen LogP contribution in [0.3, 0.4) is 0 Å². The second-order valence-electron chi connectivity index (χ2n) is 6.52. The molecule has 3 rings (SSSR count). The molecule has 4 nitrogen and oxygen atoms in total. The Morgan fingerprint density at radius 3 is 2.90 bits per heavy atom. The quantitative estimate of drug-likeness (QED) is 0.854. The minimum atomic E-state index is 0.250. The smallest absolute Gasteiger partial charge is 0.231 e. The maximum absolute atomic E-state index is 12.7. The number of hydrogen-bond acceptors (Lipinski definition) is 1. The van der Waals surface area contributed by atoms with Gasteiger partial charge in [-0.3, -0.25) is 4.79 Å². The Bertz CT molecular complexity index is 456. The van der Waals surface area contributed by atoms with Gasteiger partial charge in [0.2, 0.25) is 5.91 Å². The van der Waals surface area contributed by atoms with Crippen LogP contribution in [-0.2, 0) is 11.3 Å². The first-order valence-electron chi connectivity index (χ1n) is 8.40. The van der Waals surface area contributed by atoms with Crippen LogP contribution in [0.5, 0.6) is 0 Å². The summed E-state index contributed by atoms with van der Waals surface area (Å²) in [7, 11) is 0. The fourth-order valence-corrected chi connectivity index (χ4v) is 3.72. The molecule has 4 heteroatoms. The van der Waals surface area contributed by atoms with E-state index in [1.807, 2.05) is 6.20 Å². The van der Waals surface area contributed by atoms with E-state index in [2.05, 4.69) is 28.2 Å². The van der Waals surface area contributed by atoms with Crippen LogP contribution in [0.4, 0.5) is 0 Å². The van der Waals surface area contributed by atoms with E-state index in [-0.39, 0.29) is 5.92 Å². The number of aromatic nitrogens is 1. The molecule has 114 valence electrons. The summed E-state index contributed by atoms with van der Waals surface area (Å²) in [5, 5.41) is 0. The highest BCUT2D eigenvalue weighted by atomic mass is 16.2. The van der Waals surface area contributed by atoms with Crippen molar-refractivity contribution in [3.63, 3.8) is 0 Å². The molecule has 2 aliphatic heterocycles. The van der Waals surface area contributed by atoms with E-state index in [4.69, 9.17) is 0 Å². The van der Waals surface area contributed by atoms with E-state index in [1.54, 1.807) is 4.90 Å². The van der Waals surface area contributed by atoms with Gasteiger partial charge < -0.3 is 9.80 Å². The molecule has 3 heterocycles. The molecule has 1 amide bonds. The summed E-state index contributed by atoms with van der Waals surface area (Å²) >= 11 is 0. The Labute approximate surface area is 127 Å². The number of carbonyl (C=O) groups excluding carboxylic acids is 1. The van der Waals surface area contributed by atoms with Gasteiger partial charge in [0.05, 0.1) is 24.6 Å². The van der Waals surface area contributed by atoms with Gasteiger partial charge in [0, 0.05) is 19.2 Å². The molecule has 0 bridgehead atoms. The second-order valence-corrected chi connectivity index (χ2v) is 6.52. The lowest BCUT2D eigenvalue weighted by molar-refractivity contribution is -0.921. The van der Waals surface area contributed by atoms with E-state index in [1.165, 1.54) is 37.8 Å². The molecular formula is C17H27N3O+2. The predicted molar refractivity (Wildman–Crippen MR) is 80.6 cm³/mol. The Hall–Kier alpha value is -1.42. The molecule has 0 saturated carbocycles. The lowest BCUT2D eigenvalue weighted by atomic mass is 9.95. The Balaban J connectivity index is 1.56. The highest BCUT2D eigenvalue weighted by molar-refractivity contribution is 5.79. The van der Waals surface area contributed by atoms with Gasteiger partial charge in [-0.25, -0.2) is 4.98 Å². The number of quaternary nitrogens is 1. The molecule has 1 aromatic heterocycles. The number of piperidine rings is 2. The van der Waals surface area contributed by atoms with Gasteiger partial charge in [-0.05, 0) is 38.2 Å². The number of carbonyl (C=O) groups is 1. The van der Waals surface area contributed by atoms with Crippen LogP contribution in [-0.4, -0.2) is 37.0 Å². The van der Waals surface area contributed by atoms with Gasteiger partial charge in [0.15, 0.2) is 12.4 Å². The van der Waals surface area contributed by atoms with Crippen molar-refractivity contribution in [2.75, 3.05) is 26.2 Å². The molecule has 2 saturated heterocycles. The molecule has 21 heavy (non-hydrogen) atoms. The fraction of sp³-hybridized carbons (Fsp3) is 0.647. The lowest BCUT2D eigenvalue weighted by Gasteiger charge is -2.34. The topological polar surface area (TPSA) is 38.9 Å². The Morgan fingerprint density at radius 1 is 1.29 bits per heavy atom. The zero-order valence-electron chi connectivity index (χ0n) is 12.8. The van der Waals surface area contributed by atoms with Crippen LogP contribution in [0.2, 0.25) is 0 Å². The first-order chi connectivity index (χ1) is 10.3. The third-order valence-corrected chi connectivity index (χ3v) is 4.86. The van der Waals surface area contributed by atoms with Gasteiger partial charge in [0.1, 0.15) is 6.54 Å². The van der Waals surface area contributed by atoms with Crippen molar-refractivity contribution in [1.29, 1.82) is 0 Å². The van der Waals surface area contributed by atoms with Crippen LogP contribution >= 0.6 is 0 Å². The van der Waals surface area contributed by atoms with E-state index >= 15 is 0 Å². The van der Waals surface area contributed by atoms with Crippen molar-refractivity contribution >= 4 is 5.91 Å². The van der Waals surface area contributed by atoms with E-state index in [0.29, 0.717) is 5.91 Å². The number of amides is 1. The third-order valence-electron chi connectivity index (χ3n) is 4.86. The summed E-state index contributed by atoms with van der Waals surface area (Å²) in [5.41, 5.74) is 1.33. The van der Waals surface area contributed by atoms with Crippen molar-refractivity contribution in [1.82, 2.24) is 4.90 Å². The SMILES string of the molecule is O=C(C1CCC[NH+](Cc2ccc[nH+]c2)C1)N1CCCCC1. The highest BCUT2D eigenvalue weighted by Gasteiger charge is 2.32. The molecule has 1 aromatic rings. The summed E-state index contributed by atoms with van der Waals surface area (Å²) in [4.78, 5) is 19.5. The first-order valence-corrected chi connectivity index (χ1v) is 8.40. The molecule has 0 aliphatic carbocycles. The predicted octanol–water partition coefficient (Wildman–Crippen LogP) is 0.308. The van der Waals surface area contributed by atoms with E-state index in [9.17, 15) is 4.79 Å². The van der Waals surface area contributed by atoms with Gasteiger partial charge in [-0.15, -0.1) is 0 Å². The summed E-state index contributed by atoms with van der Waals surface area (Å²) < 4.78 is 0. The van der Waals surface area contributed by atoms with Crippen LogP contribution in [0.15, 0.2) is 24.5 Å². The average molecular weight is 289 g/mol. The minimum Gasteiger partial charge on any atom is -0.342 e. The second kappa shape index (κ2) is 7.03. The maximum atomic E-state index is 12.7. The third kappa shape index (κ3) is 3.82. The van der Waals surface area contributed by atoms with Crippen LogP contribution in [0, 0.1) is 5.92 Å². The summed E-state index contributed by atoms with van der Waals surface area (Å²) in [6, 6.07) is 4.22. The minimum absolute atomic E-state index is 0.250. The summed E-state index contributed by atoms with van der Waals surface area (Å²) in [6.07, 6.45) is 9.94. The van der Waals surface area contributed by atoms with Gasteiger partial charge in [0.25, 0.3) is 0 Å². The molecule has 2 aliphatic rings. The summed E-state index contributed by atoms with van der Waals surface area (Å²) in [6.45, 7) is 5.20. The molecule has 0 aromatic carbocycles. The molecule has 2 N–H and O–H groups in total. The molecular weight excluding hydrogens is 262 g/mol. The molecule has 2 unspecified atom stereocenters. The van der Waals surface area contributed by atoms with Crippen molar-refractivity contribution < 1.29 is 14.7 Å². The number of hydrogen-bond donors (Lipinski definition) is 1. The van der Waals surface area contributed by atoms with Crippen LogP contribution < -0.4 is 9.88 Å². The number of nitrogens with one attached hydrogen (secondary N) is 2. The number of rotatable bonds is 3. The standard InChI is InChI=1S/C17H25N3O/c21-17(20-10-2-1-3-11-20)16-7-5-9-19(14-16)13-15-6-4-8-18-12-15/h4,6,8,12,16H,1-3,5,7,9-11,13-14H2/p+2. The fourth-order valence-electron chi connectivity index (χ4n) is 3.72. The van der Waals surface area contributed by atoms with Crippen LogP contribution in [0.1, 0.15) is 37.7 Å². The number of likely N-dealkylation sites (tertiary alicyclic amines) is 2. The summed E-state index contributed by atoms with van der Waals surface area (Å²) in [5.74, 6) is 0.672. The van der Waals surface area contributed by atoms with E-state index < -0.39 is 0 Å². The number of aromatic amines is 1. The van der Waals surface area contributed by atoms with Crippen molar-refractivity contribution in [3.05, 3.63) is 30.1 Å². The Morgan fingerprint density at radius 2 is 2.14 bits per heavy atom. The zero-order chi connectivity index (χ0) is 14.5. The lowest BCUT2D eigenvalue weighted by Crippen LogP contribution is -3.12. The van der Waals surface area contributed by atoms with Gasteiger partial charge in [-0.2, -0.15) is 0 Å². The van der Waals surface area contributed by atoms with Crippen molar-refractivity contribution in [2.24, 2.45) is 5.92 Å². The number of H-pyrrole nitrogens is 1. The van der Waals surface area contributed by atoms with Gasteiger partial charge >= 0.3 is 0 Å². The largest absolute Gasteiger partial charge is 0.342 e. The van der Waals surface area contributed by atoms with Crippen molar-refractivity contribution in [2.45, 2.75) is 38.6 Å². The number of pyridine rings is 1. The van der Waals surface area contributed by atoms with Gasteiger partial charge in [-0.1, -0.05) is 0 Å². The van der Waals surface area contributed by atoms with Crippen molar-refractivity contribution in [3.8, 4) is 0 Å². The molecule has 2 fully saturated rings. The first kappa shape index (κ1) is 14.5. The normalized spacial score (nSPS) is 26.6. The average Bonchev–Trinajstić information content (AvgIpc) is 2.56. The highest BCUT2D eigenvalue weighted by Crippen LogP contribution is 2.16. The zero-order valence-corrected chi connectivity index (χ0v) is 12.8. The number of nitrogens with zero attached hydrogens (tertiary/aromatic N) is 1. The molecule has 2 atom stereocenters. The Kier molecular flexibility index (Phi) is 4.86. The molecule has 0 radical (unpaired) electrons. The molecule has 0 spiro atoms. The van der Waals surface area contributed by atoms with Crippen LogP contribution in [0.25, 0.3) is 0 Å². The maximum Gasteiger partial charge on any atom is 0.231 e. The monoisotopic (exact) mass is 289 g/mol.